The van der Waals surface area contributed by atoms with Crippen molar-refractivity contribution in [1.29, 1.82) is 0 Å². The van der Waals surface area contributed by atoms with Crippen molar-refractivity contribution < 1.29 is 9.53 Å². The fraction of sp³-hybridized carbons (Fsp3) is 0.524. The number of piperidine rings is 1. The highest BCUT2D eigenvalue weighted by atomic mass is 16.5. The van der Waals surface area contributed by atoms with Crippen molar-refractivity contribution in [2.24, 2.45) is 0 Å². The molecule has 2 aromatic rings. The van der Waals surface area contributed by atoms with E-state index in [4.69, 9.17) is 9.72 Å². The lowest BCUT2D eigenvalue weighted by Gasteiger charge is -2.40. The zero-order valence-electron chi connectivity index (χ0n) is 17.0. The maximum atomic E-state index is 13.3. The van der Waals surface area contributed by atoms with E-state index in [1.54, 1.807) is 13.3 Å². The molecule has 7 nitrogen and oxygen atoms in total. The number of nitrogens with zero attached hydrogens (tertiary/aromatic N) is 5. The number of likely N-dealkylation sites (tertiary alicyclic amines) is 1. The van der Waals surface area contributed by atoms with Gasteiger partial charge in [-0.15, -0.1) is 0 Å². The standard InChI is InChI=1S/C21H27N5O2/c1-14-10-16(17(28-4)12-22-14)19(27)26-9-5-7-21(13-26)8-6-15-11-23-20(25(2)3)24-18(15)21/h10-12H,5-9,13H2,1-4H3. The molecule has 4 rings (SSSR count). The van der Waals surface area contributed by atoms with Gasteiger partial charge in [-0.1, -0.05) is 0 Å². The third-order valence-electron chi connectivity index (χ3n) is 5.95. The summed E-state index contributed by atoms with van der Waals surface area (Å²) < 4.78 is 5.39. The first-order valence-corrected chi connectivity index (χ1v) is 9.77. The number of methoxy groups -OCH3 is 1. The van der Waals surface area contributed by atoms with Gasteiger partial charge in [-0.05, 0) is 44.2 Å². The van der Waals surface area contributed by atoms with Crippen LogP contribution in [-0.4, -0.2) is 60.1 Å². The molecule has 0 aromatic carbocycles. The minimum Gasteiger partial charge on any atom is -0.494 e. The van der Waals surface area contributed by atoms with Gasteiger partial charge in [0.05, 0.1) is 24.6 Å². The summed E-state index contributed by atoms with van der Waals surface area (Å²) in [5.41, 5.74) is 3.66. The number of aromatic nitrogens is 3. The number of pyridine rings is 1. The van der Waals surface area contributed by atoms with Crippen LogP contribution in [0.4, 0.5) is 5.95 Å². The number of aryl methyl sites for hydroxylation is 2. The van der Waals surface area contributed by atoms with Crippen LogP contribution < -0.4 is 9.64 Å². The molecule has 0 saturated carbocycles. The Morgan fingerprint density at radius 1 is 1.25 bits per heavy atom. The molecule has 0 N–H and O–H groups in total. The number of hydrogen-bond acceptors (Lipinski definition) is 6. The summed E-state index contributed by atoms with van der Waals surface area (Å²) in [6.45, 7) is 3.33. The van der Waals surface area contributed by atoms with Crippen LogP contribution in [0.25, 0.3) is 0 Å². The molecule has 1 unspecified atom stereocenters. The van der Waals surface area contributed by atoms with Crippen LogP contribution in [0.5, 0.6) is 5.75 Å². The van der Waals surface area contributed by atoms with Gasteiger partial charge in [0.25, 0.3) is 5.91 Å². The highest BCUT2D eigenvalue weighted by Crippen LogP contribution is 2.44. The van der Waals surface area contributed by atoms with Crippen molar-refractivity contribution in [1.82, 2.24) is 19.9 Å². The van der Waals surface area contributed by atoms with Gasteiger partial charge in [0, 0.05) is 44.5 Å². The van der Waals surface area contributed by atoms with E-state index in [1.165, 1.54) is 5.56 Å². The molecule has 0 bridgehead atoms. The SMILES string of the molecule is COc1cnc(C)cc1C(=O)N1CCCC2(CCc3cnc(N(C)C)nc32)C1. The second-order valence-electron chi connectivity index (χ2n) is 8.07. The third kappa shape index (κ3) is 3.08. The van der Waals surface area contributed by atoms with Crippen molar-refractivity contribution in [2.45, 2.75) is 38.0 Å². The van der Waals surface area contributed by atoms with Crippen molar-refractivity contribution in [3.05, 3.63) is 41.0 Å². The fourth-order valence-corrected chi connectivity index (χ4v) is 4.50. The van der Waals surface area contributed by atoms with Crippen molar-refractivity contribution in [2.75, 3.05) is 39.2 Å². The summed E-state index contributed by atoms with van der Waals surface area (Å²) in [6.07, 6.45) is 7.61. The first kappa shape index (κ1) is 18.7. The summed E-state index contributed by atoms with van der Waals surface area (Å²) in [5, 5.41) is 0. The lowest BCUT2D eigenvalue weighted by molar-refractivity contribution is 0.0630. The maximum absolute atomic E-state index is 13.3. The van der Waals surface area contributed by atoms with E-state index < -0.39 is 0 Å². The van der Waals surface area contributed by atoms with E-state index in [9.17, 15) is 4.79 Å². The molecular weight excluding hydrogens is 354 g/mol. The van der Waals surface area contributed by atoms with E-state index in [1.807, 2.05) is 43.1 Å². The van der Waals surface area contributed by atoms with Gasteiger partial charge >= 0.3 is 0 Å². The minimum atomic E-state index is -0.0771. The van der Waals surface area contributed by atoms with Crippen molar-refractivity contribution in [3.63, 3.8) is 0 Å². The number of hydrogen-bond donors (Lipinski definition) is 0. The molecule has 0 radical (unpaired) electrons. The summed E-state index contributed by atoms with van der Waals surface area (Å²) in [5.74, 6) is 1.27. The van der Waals surface area contributed by atoms with E-state index in [0.29, 0.717) is 17.9 Å². The zero-order valence-corrected chi connectivity index (χ0v) is 17.0. The number of rotatable bonds is 3. The first-order valence-electron chi connectivity index (χ1n) is 9.77. The number of carbonyl (C=O) groups is 1. The van der Waals surface area contributed by atoms with Gasteiger partial charge in [0.2, 0.25) is 5.95 Å². The molecule has 1 aliphatic carbocycles. The molecule has 1 aliphatic heterocycles. The van der Waals surface area contributed by atoms with Crippen molar-refractivity contribution in [3.8, 4) is 5.75 Å². The Morgan fingerprint density at radius 2 is 2.07 bits per heavy atom. The Labute approximate surface area is 165 Å². The predicted molar refractivity (Wildman–Crippen MR) is 107 cm³/mol. The number of fused-ring (bicyclic) bond motifs is 2. The van der Waals surface area contributed by atoms with Gasteiger partial charge in [0.15, 0.2) is 0 Å². The average molecular weight is 381 g/mol. The number of carbonyl (C=O) groups excluding carboxylic acids is 1. The Balaban J connectivity index is 1.66. The van der Waals surface area contributed by atoms with Crippen LogP contribution in [0.3, 0.4) is 0 Å². The Kier molecular flexibility index (Phi) is 4.69. The Morgan fingerprint density at radius 3 is 2.82 bits per heavy atom. The van der Waals surface area contributed by atoms with Gasteiger partial charge in [-0.3, -0.25) is 9.78 Å². The molecule has 7 heteroatoms. The smallest absolute Gasteiger partial charge is 0.257 e. The maximum Gasteiger partial charge on any atom is 0.257 e. The summed E-state index contributed by atoms with van der Waals surface area (Å²) >= 11 is 0. The molecule has 28 heavy (non-hydrogen) atoms. The Bertz CT molecular complexity index is 910. The summed E-state index contributed by atoms with van der Waals surface area (Å²) in [7, 11) is 5.49. The molecule has 1 spiro atoms. The normalized spacial score (nSPS) is 20.9. The molecule has 3 heterocycles. The van der Waals surface area contributed by atoms with Gasteiger partial charge in [-0.25, -0.2) is 9.97 Å². The predicted octanol–water partition coefficient (Wildman–Crippen LogP) is 2.37. The lowest BCUT2D eigenvalue weighted by atomic mass is 9.77. The Hall–Kier alpha value is -2.70. The molecule has 1 amide bonds. The highest BCUT2D eigenvalue weighted by Gasteiger charge is 2.45. The van der Waals surface area contributed by atoms with Crippen LogP contribution in [0.1, 0.15) is 46.6 Å². The molecular formula is C21H27N5O2. The lowest BCUT2D eigenvalue weighted by Crippen LogP contribution is -2.48. The van der Waals surface area contributed by atoms with Crippen LogP contribution in [0.2, 0.25) is 0 Å². The second-order valence-corrected chi connectivity index (χ2v) is 8.07. The van der Waals surface area contributed by atoms with Crippen molar-refractivity contribution >= 4 is 11.9 Å². The van der Waals surface area contributed by atoms with Gasteiger partial charge < -0.3 is 14.5 Å². The second kappa shape index (κ2) is 7.04. The topological polar surface area (TPSA) is 71.5 Å². The van der Waals surface area contributed by atoms with E-state index >= 15 is 0 Å². The summed E-state index contributed by atoms with van der Waals surface area (Å²) in [4.78, 5) is 30.8. The molecule has 2 aromatic heterocycles. The van der Waals surface area contributed by atoms with Gasteiger partial charge in [0.1, 0.15) is 5.75 Å². The van der Waals surface area contributed by atoms with Crippen LogP contribution >= 0.6 is 0 Å². The quantitative estimate of drug-likeness (QED) is 0.813. The average Bonchev–Trinajstić information content (AvgIpc) is 3.04. The van der Waals surface area contributed by atoms with Crippen LogP contribution in [-0.2, 0) is 11.8 Å². The van der Waals surface area contributed by atoms with E-state index in [0.717, 1.165) is 49.6 Å². The largest absolute Gasteiger partial charge is 0.494 e. The minimum absolute atomic E-state index is 0.0109. The zero-order chi connectivity index (χ0) is 19.9. The van der Waals surface area contributed by atoms with Gasteiger partial charge in [-0.2, -0.15) is 0 Å². The summed E-state index contributed by atoms with van der Waals surface area (Å²) in [6, 6.07) is 1.82. The molecule has 148 valence electrons. The fourth-order valence-electron chi connectivity index (χ4n) is 4.50. The van der Waals surface area contributed by atoms with E-state index in [-0.39, 0.29) is 11.3 Å². The number of amides is 1. The molecule has 1 fully saturated rings. The molecule has 2 aliphatic rings. The highest BCUT2D eigenvalue weighted by molar-refractivity contribution is 5.97. The van der Waals surface area contributed by atoms with E-state index in [2.05, 4.69) is 9.97 Å². The molecule has 1 atom stereocenters. The number of ether oxygens (including phenoxy) is 1. The van der Waals surface area contributed by atoms with Crippen LogP contribution in [0, 0.1) is 6.92 Å². The molecule has 1 saturated heterocycles. The third-order valence-corrected chi connectivity index (χ3v) is 5.95. The monoisotopic (exact) mass is 381 g/mol. The van der Waals surface area contributed by atoms with Crippen LogP contribution in [0.15, 0.2) is 18.5 Å². The number of anilines is 1. The first-order chi connectivity index (χ1) is 13.4.